The molecule has 0 bridgehead atoms. The smallest absolute Gasteiger partial charge is 0.744 e. The Morgan fingerprint density at radius 3 is 1.33 bits per heavy atom. The van der Waals surface area contributed by atoms with Crippen molar-refractivity contribution in [3.63, 3.8) is 0 Å². The number of fused-ring (bicyclic) bond motifs is 1. The molecule has 0 N–H and O–H groups in total. The molecule has 0 fully saturated rings. The van der Waals surface area contributed by atoms with E-state index in [1.165, 1.54) is 135 Å². The van der Waals surface area contributed by atoms with Gasteiger partial charge in [0.05, 0.1) is 4.90 Å². The van der Waals surface area contributed by atoms with Crippen molar-refractivity contribution in [2.75, 3.05) is 0 Å². The van der Waals surface area contributed by atoms with Crippen molar-refractivity contribution < 1.29 is 64.4 Å². The Bertz CT molecular complexity index is 1070. The summed E-state index contributed by atoms with van der Waals surface area (Å²) in [4.78, 5) is 0.0533. The second-order valence-corrected chi connectivity index (χ2v) is 14.1. The van der Waals surface area contributed by atoms with Crippen LogP contribution >= 0.6 is 0 Å². The van der Waals surface area contributed by atoms with Crippen LogP contribution < -0.4 is 51.4 Å². The minimum atomic E-state index is -4.55. The molecule has 0 atom stereocenters. The SMILES string of the molecule is CCCCCCCCCCCCCCc1cc2ccccc2c(S(=O)(=O)[O-])c1CCCCCCCCCCCCCC.[K+]. The van der Waals surface area contributed by atoms with Crippen LogP contribution in [0.3, 0.4) is 0 Å². The normalized spacial score (nSPS) is 11.7. The van der Waals surface area contributed by atoms with Crippen molar-refractivity contribution in [2.45, 2.75) is 186 Å². The van der Waals surface area contributed by atoms with Gasteiger partial charge in [0.15, 0.2) is 0 Å². The van der Waals surface area contributed by atoms with Crippen molar-refractivity contribution >= 4 is 20.9 Å². The summed E-state index contributed by atoms with van der Waals surface area (Å²) in [6, 6.07) is 9.69. The maximum atomic E-state index is 12.6. The Morgan fingerprint density at radius 2 is 0.907 bits per heavy atom. The molecule has 2 aromatic rings. The van der Waals surface area contributed by atoms with Gasteiger partial charge in [0.25, 0.3) is 0 Å². The monoisotopic (exact) mass is 638 g/mol. The molecule has 0 saturated carbocycles. The molecule has 0 aliphatic rings. The molecule has 240 valence electrons. The molecule has 0 heterocycles. The minimum absolute atomic E-state index is 0. The third-order valence-corrected chi connectivity index (χ3v) is 9.99. The Kier molecular flexibility index (Phi) is 25.3. The van der Waals surface area contributed by atoms with Crippen LogP contribution in [0, 0.1) is 0 Å². The number of aryl methyl sites for hydroxylation is 1. The van der Waals surface area contributed by atoms with E-state index in [1.54, 1.807) is 6.07 Å². The van der Waals surface area contributed by atoms with Crippen LogP contribution in [-0.2, 0) is 23.0 Å². The van der Waals surface area contributed by atoms with Gasteiger partial charge in [-0.1, -0.05) is 185 Å². The van der Waals surface area contributed by atoms with Crippen molar-refractivity contribution in [1.29, 1.82) is 0 Å². The predicted molar refractivity (Wildman–Crippen MR) is 181 cm³/mol. The fourth-order valence-electron chi connectivity index (χ4n) is 6.49. The number of unbranched alkanes of at least 4 members (excludes halogenated alkanes) is 22. The van der Waals surface area contributed by atoms with Crippen LogP contribution in [0.4, 0.5) is 0 Å². The van der Waals surface area contributed by atoms with Crippen LogP contribution in [0.25, 0.3) is 10.8 Å². The molecule has 0 aliphatic carbocycles. The molecule has 0 spiro atoms. The van der Waals surface area contributed by atoms with Gasteiger partial charge in [0.2, 0.25) is 0 Å². The summed E-state index contributed by atoms with van der Waals surface area (Å²) in [5.41, 5.74) is 1.89. The van der Waals surface area contributed by atoms with Crippen LogP contribution in [-0.4, -0.2) is 13.0 Å². The molecule has 0 aromatic heterocycles. The summed E-state index contributed by atoms with van der Waals surface area (Å²) >= 11 is 0. The van der Waals surface area contributed by atoms with Crippen molar-refractivity contribution in [3.8, 4) is 0 Å². The van der Waals surface area contributed by atoms with Crippen LogP contribution in [0.15, 0.2) is 35.2 Å². The van der Waals surface area contributed by atoms with E-state index < -0.39 is 10.1 Å². The van der Waals surface area contributed by atoms with E-state index in [1.807, 2.05) is 18.2 Å². The molecule has 0 aliphatic heterocycles. The summed E-state index contributed by atoms with van der Waals surface area (Å²) in [5.74, 6) is 0. The molecule has 5 heteroatoms. The number of hydrogen-bond donors (Lipinski definition) is 0. The van der Waals surface area contributed by atoms with Crippen LogP contribution in [0.2, 0.25) is 0 Å². The van der Waals surface area contributed by atoms with Gasteiger partial charge in [0, 0.05) is 0 Å². The van der Waals surface area contributed by atoms with E-state index in [-0.39, 0.29) is 56.3 Å². The first-order valence-corrected chi connectivity index (χ1v) is 19.4. The van der Waals surface area contributed by atoms with Gasteiger partial charge in [-0.3, -0.25) is 0 Å². The first-order chi connectivity index (χ1) is 20.5. The quantitative estimate of drug-likeness (QED) is 0.0557. The molecule has 0 saturated heterocycles. The molecular formula is C38H63KO3S. The van der Waals surface area contributed by atoms with Crippen LogP contribution in [0.5, 0.6) is 0 Å². The molecule has 2 rings (SSSR count). The van der Waals surface area contributed by atoms with E-state index in [4.69, 9.17) is 0 Å². The van der Waals surface area contributed by atoms with Crippen molar-refractivity contribution in [2.24, 2.45) is 0 Å². The third kappa shape index (κ3) is 18.2. The second-order valence-electron chi connectivity index (χ2n) is 12.8. The summed E-state index contributed by atoms with van der Waals surface area (Å²) in [6.07, 6.45) is 32.5. The van der Waals surface area contributed by atoms with Gasteiger partial charge >= 0.3 is 51.4 Å². The largest absolute Gasteiger partial charge is 1.00 e. The topological polar surface area (TPSA) is 57.2 Å². The average molecular weight is 639 g/mol. The third-order valence-electron chi connectivity index (χ3n) is 9.03. The summed E-state index contributed by atoms with van der Waals surface area (Å²) in [5, 5.41) is 1.47. The van der Waals surface area contributed by atoms with E-state index in [0.29, 0.717) is 11.8 Å². The summed E-state index contributed by atoms with van der Waals surface area (Å²) in [6.45, 7) is 4.53. The fraction of sp³-hybridized carbons (Fsp3) is 0.737. The van der Waals surface area contributed by atoms with Crippen molar-refractivity contribution in [3.05, 3.63) is 41.5 Å². The van der Waals surface area contributed by atoms with Gasteiger partial charge in [0.1, 0.15) is 10.1 Å². The Balaban J connectivity index is 0.00000924. The van der Waals surface area contributed by atoms with Gasteiger partial charge in [-0.2, -0.15) is 0 Å². The maximum Gasteiger partial charge on any atom is 1.00 e. The average Bonchev–Trinajstić information content (AvgIpc) is 2.97. The first kappa shape index (κ1) is 41.3. The Hall–Kier alpha value is 0.246. The molecule has 3 nitrogen and oxygen atoms in total. The zero-order valence-electron chi connectivity index (χ0n) is 28.4. The van der Waals surface area contributed by atoms with Gasteiger partial charge in [-0.25, -0.2) is 8.42 Å². The van der Waals surface area contributed by atoms with E-state index in [9.17, 15) is 13.0 Å². The van der Waals surface area contributed by atoms with Crippen molar-refractivity contribution in [1.82, 2.24) is 0 Å². The number of benzene rings is 2. The first-order valence-electron chi connectivity index (χ1n) is 18.0. The fourth-order valence-corrected chi connectivity index (χ4v) is 7.48. The van der Waals surface area contributed by atoms with E-state index in [0.717, 1.165) is 42.2 Å². The van der Waals surface area contributed by atoms with E-state index >= 15 is 0 Å². The number of hydrogen-bond acceptors (Lipinski definition) is 3. The second kappa shape index (κ2) is 26.3. The molecule has 2 aromatic carbocycles. The molecular weight excluding hydrogens is 576 g/mol. The Labute approximate surface area is 309 Å². The molecule has 0 amide bonds. The van der Waals surface area contributed by atoms with E-state index in [2.05, 4.69) is 19.9 Å². The standard InChI is InChI=1S/C38H64O3S.K/c1-3-5-7-9-11-13-15-17-19-21-23-25-29-34-33-35-30-27-28-32-37(35)38(42(39,40)41)36(34)31-26-24-22-20-18-16-14-12-10-8-6-4-2;/h27-28,30,32-33H,3-26,29,31H2,1-2H3,(H,39,40,41);/q;+1/p-1. The Morgan fingerprint density at radius 1 is 0.535 bits per heavy atom. The minimum Gasteiger partial charge on any atom is -0.744 e. The van der Waals surface area contributed by atoms with Gasteiger partial charge in [-0.05, 0) is 47.6 Å². The van der Waals surface area contributed by atoms with Gasteiger partial charge in [-0.15, -0.1) is 0 Å². The molecule has 0 unspecified atom stereocenters. The predicted octanol–water partition coefficient (Wildman–Crippen LogP) is 9.24. The summed E-state index contributed by atoms with van der Waals surface area (Å²) in [7, 11) is -4.55. The molecule has 0 radical (unpaired) electrons. The summed E-state index contributed by atoms with van der Waals surface area (Å²) < 4.78 is 37.7. The maximum absolute atomic E-state index is 12.6. The molecule has 43 heavy (non-hydrogen) atoms. The number of rotatable bonds is 27. The zero-order valence-corrected chi connectivity index (χ0v) is 32.3. The van der Waals surface area contributed by atoms with Gasteiger partial charge < -0.3 is 4.55 Å². The van der Waals surface area contributed by atoms with Crippen LogP contribution in [0.1, 0.15) is 179 Å². The zero-order chi connectivity index (χ0) is 30.3.